The molecule has 0 saturated carbocycles. The van der Waals surface area contributed by atoms with Crippen LogP contribution in [0.4, 0.5) is 0 Å². The number of allylic oxidation sites excluding steroid dienone is 4. The maximum Gasteiger partial charge on any atom is 0.0710 e. The molecule has 0 saturated heterocycles. The summed E-state index contributed by atoms with van der Waals surface area (Å²) in [4.78, 5) is 0. The molecule has 0 nitrogen and oxygen atoms in total. The van der Waals surface area contributed by atoms with Crippen molar-refractivity contribution in [1.82, 2.24) is 0 Å². The Hall–Kier alpha value is -3.64. The van der Waals surface area contributed by atoms with Crippen LogP contribution in [-0.2, 0) is 5.41 Å². The molecule has 0 fully saturated rings. The third-order valence-electron chi connectivity index (χ3n) is 6.79. The van der Waals surface area contributed by atoms with Crippen molar-refractivity contribution in [3.8, 4) is 22.3 Å². The molecule has 0 aliphatic heterocycles. The molecule has 0 aromatic heterocycles. The van der Waals surface area contributed by atoms with Gasteiger partial charge in [-0.1, -0.05) is 138 Å². The maximum atomic E-state index is 2.45. The second-order valence-corrected chi connectivity index (χ2v) is 8.43. The summed E-state index contributed by atoms with van der Waals surface area (Å²) in [5, 5.41) is 0. The van der Waals surface area contributed by atoms with Gasteiger partial charge in [0.1, 0.15) is 0 Å². The zero-order valence-electron chi connectivity index (χ0n) is 17.5. The lowest BCUT2D eigenvalue weighted by molar-refractivity contribution is 0.751. The van der Waals surface area contributed by atoms with Gasteiger partial charge in [-0.3, -0.25) is 0 Å². The van der Waals surface area contributed by atoms with Gasteiger partial charge in [0.25, 0.3) is 0 Å². The van der Waals surface area contributed by atoms with Crippen LogP contribution in [0.1, 0.15) is 51.8 Å². The van der Waals surface area contributed by atoms with E-state index >= 15 is 0 Å². The van der Waals surface area contributed by atoms with Crippen molar-refractivity contribution in [3.05, 3.63) is 144 Å². The van der Waals surface area contributed by atoms with Gasteiger partial charge in [0.2, 0.25) is 0 Å². The number of hydrogen-bond acceptors (Lipinski definition) is 0. The summed E-state index contributed by atoms with van der Waals surface area (Å²) in [6, 6.07) is 37.8. The van der Waals surface area contributed by atoms with E-state index in [-0.39, 0.29) is 27.7 Å². The molecule has 0 amide bonds. The largest absolute Gasteiger partial charge is 0.0839 e. The number of hydrogen-bond donors (Lipinski definition) is 0. The standard InChI is InChI=1S/C31H24.3CH4/c1-4-12-23(13-5-1)24-20-21-30-28(22-24)27-18-10-11-19-29(27)31(30,25-14-6-2-7-15-25)26-16-8-3-9-17-26;;;/h1-2,4-8,10-22H,3,9H2;3*1H4. The number of benzene rings is 4. The first-order valence-corrected chi connectivity index (χ1v) is 11.1. The van der Waals surface area contributed by atoms with Crippen LogP contribution >= 0.6 is 0 Å². The fourth-order valence-electron chi connectivity index (χ4n) is 5.46. The topological polar surface area (TPSA) is 0 Å². The first-order chi connectivity index (χ1) is 15.4. The molecular weight excluding hydrogens is 408 g/mol. The molecular formula is C34H36. The molecule has 0 heterocycles. The van der Waals surface area contributed by atoms with Gasteiger partial charge in [-0.15, -0.1) is 0 Å². The average Bonchev–Trinajstić information content (AvgIpc) is 3.16. The lowest BCUT2D eigenvalue weighted by Crippen LogP contribution is -2.29. The zero-order valence-corrected chi connectivity index (χ0v) is 17.5. The molecule has 0 radical (unpaired) electrons. The average molecular weight is 445 g/mol. The van der Waals surface area contributed by atoms with E-state index < -0.39 is 0 Å². The Labute approximate surface area is 206 Å². The van der Waals surface area contributed by atoms with E-state index in [0.717, 1.165) is 12.8 Å². The minimum atomic E-state index is -0.265. The molecule has 2 aliphatic carbocycles. The fourth-order valence-corrected chi connectivity index (χ4v) is 5.46. The van der Waals surface area contributed by atoms with E-state index in [4.69, 9.17) is 0 Å². The maximum absolute atomic E-state index is 2.45. The van der Waals surface area contributed by atoms with Crippen LogP contribution in [0.15, 0.2) is 127 Å². The van der Waals surface area contributed by atoms with E-state index in [1.54, 1.807) is 0 Å². The first-order valence-electron chi connectivity index (χ1n) is 11.1. The Bertz CT molecular complexity index is 1310. The van der Waals surface area contributed by atoms with Crippen molar-refractivity contribution in [2.75, 3.05) is 0 Å². The molecule has 34 heavy (non-hydrogen) atoms. The Morgan fingerprint density at radius 2 is 1.18 bits per heavy atom. The highest BCUT2D eigenvalue weighted by atomic mass is 14.5. The Balaban J connectivity index is 0.00000108. The molecule has 1 unspecified atom stereocenters. The summed E-state index contributed by atoms with van der Waals surface area (Å²) < 4.78 is 0. The summed E-state index contributed by atoms with van der Waals surface area (Å²) >= 11 is 0. The molecule has 0 spiro atoms. The van der Waals surface area contributed by atoms with Crippen molar-refractivity contribution in [1.29, 1.82) is 0 Å². The normalized spacial score (nSPS) is 17.2. The monoisotopic (exact) mass is 444 g/mol. The van der Waals surface area contributed by atoms with Crippen LogP contribution in [0.5, 0.6) is 0 Å². The summed E-state index contributed by atoms with van der Waals surface area (Å²) in [7, 11) is 0. The van der Waals surface area contributed by atoms with Crippen LogP contribution in [-0.4, -0.2) is 0 Å². The predicted octanol–water partition coefficient (Wildman–Crippen LogP) is 9.85. The van der Waals surface area contributed by atoms with Gasteiger partial charge in [0.05, 0.1) is 5.41 Å². The van der Waals surface area contributed by atoms with Crippen molar-refractivity contribution >= 4 is 0 Å². The molecule has 6 rings (SSSR count). The Morgan fingerprint density at radius 1 is 0.529 bits per heavy atom. The second kappa shape index (κ2) is 10.1. The van der Waals surface area contributed by atoms with Crippen LogP contribution in [0.2, 0.25) is 0 Å². The van der Waals surface area contributed by atoms with Gasteiger partial charge < -0.3 is 0 Å². The highest BCUT2D eigenvalue weighted by Gasteiger charge is 2.46. The van der Waals surface area contributed by atoms with Gasteiger partial charge >= 0.3 is 0 Å². The molecule has 2 aliphatic rings. The third-order valence-corrected chi connectivity index (χ3v) is 6.79. The van der Waals surface area contributed by atoms with E-state index in [1.807, 2.05) is 0 Å². The van der Waals surface area contributed by atoms with Crippen molar-refractivity contribution in [2.24, 2.45) is 0 Å². The van der Waals surface area contributed by atoms with Crippen LogP contribution in [0, 0.1) is 0 Å². The first kappa shape index (κ1) is 25.0. The van der Waals surface area contributed by atoms with Gasteiger partial charge in [-0.05, 0) is 63.4 Å². The SMILES string of the molecule is C.C.C.C1=CC(C2(c3ccccc3)c3ccccc3-c3cc(-c4ccccc4)ccc32)=CCC1. The summed E-state index contributed by atoms with van der Waals surface area (Å²) in [6.07, 6.45) is 9.35. The van der Waals surface area contributed by atoms with E-state index in [1.165, 1.54) is 44.5 Å². The fraction of sp³-hybridized carbons (Fsp3) is 0.176. The molecule has 0 N–H and O–H groups in total. The third kappa shape index (κ3) is 3.64. The summed E-state index contributed by atoms with van der Waals surface area (Å²) in [5.74, 6) is 0. The lowest BCUT2D eigenvalue weighted by atomic mass is 9.66. The molecule has 0 heteroatoms. The Kier molecular flexibility index (Phi) is 7.42. The van der Waals surface area contributed by atoms with E-state index in [2.05, 4.69) is 121 Å². The zero-order chi connectivity index (χ0) is 20.7. The van der Waals surface area contributed by atoms with Gasteiger partial charge in [0, 0.05) is 0 Å². The molecule has 0 bridgehead atoms. The highest BCUT2D eigenvalue weighted by Crippen LogP contribution is 2.57. The smallest absolute Gasteiger partial charge is 0.0710 e. The van der Waals surface area contributed by atoms with Crippen LogP contribution < -0.4 is 0 Å². The van der Waals surface area contributed by atoms with Crippen LogP contribution in [0.3, 0.4) is 0 Å². The number of rotatable bonds is 3. The van der Waals surface area contributed by atoms with E-state index in [0.29, 0.717) is 0 Å². The van der Waals surface area contributed by atoms with Crippen LogP contribution in [0.25, 0.3) is 22.3 Å². The molecule has 172 valence electrons. The second-order valence-electron chi connectivity index (χ2n) is 8.43. The Morgan fingerprint density at radius 3 is 1.88 bits per heavy atom. The van der Waals surface area contributed by atoms with Gasteiger partial charge in [0.15, 0.2) is 0 Å². The predicted molar refractivity (Wildman–Crippen MR) is 150 cm³/mol. The molecule has 4 aromatic rings. The van der Waals surface area contributed by atoms with Gasteiger partial charge in [-0.25, -0.2) is 0 Å². The summed E-state index contributed by atoms with van der Waals surface area (Å²) in [5.41, 5.74) is 10.5. The van der Waals surface area contributed by atoms with Crippen molar-refractivity contribution in [3.63, 3.8) is 0 Å². The highest BCUT2D eigenvalue weighted by molar-refractivity contribution is 5.89. The van der Waals surface area contributed by atoms with Gasteiger partial charge in [-0.2, -0.15) is 0 Å². The van der Waals surface area contributed by atoms with E-state index in [9.17, 15) is 0 Å². The summed E-state index contributed by atoms with van der Waals surface area (Å²) in [6.45, 7) is 0. The molecule has 4 aromatic carbocycles. The quantitative estimate of drug-likeness (QED) is 0.295. The minimum Gasteiger partial charge on any atom is -0.0839 e. The number of fused-ring (bicyclic) bond motifs is 3. The minimum absolute atomic E-state index is 0. The van der Waals surface area contributed by atoms with Crippen molar-refractivity contribution < 1.29 is 0 Å². The molecule has 1 atom stereocenters. The van der Waals surface area contributed by atoms with Crippen molar-refractivity contribution in [2.45, 2.75) is 40.5 Å². The lowest BCUT2D eigenvalue weighted by Gasteiger charge is -2.35.